The predicted octanol–water partition coefficient (Wildman–Crippen LogP) is 2.00. The Hall–Kier alpha value is -1.55. The average molecular weight is 275 g/mol. The van der Waals surface area contributed by atoms with E-state index in [9.17, 15) is 4.79 Å². The van der Waals surface area contributed by atoms with Crippen LogP contribution in [0.15, 0.2) is 24.3 Å². The Balaban J connectivity index is 1.99. The van der Waals surface area contributed by atoms with Crippen LogP contribution in [0.3, 0.4) is 0 Å². The van der Waals surface area contributed by atoms with Crippen molar-refractivity contribution < 1.29 is 4.79 Å². The van der Waals surface area contributed by atoms with Gasteiger partial charge in [0.05, 0.1) is 0 Å². The second-order valence-electron chi connectivity index (χ2n) is 6.04. The molecule has 110 valence electrons. The molecule has 0 unspecified atom stereocenters. The van der Waals surface area contributed by atoms with Crippen LogP contribution in [0.5, 0.6) is 0 Å². The van der Waals surface area contributed by atoms with Gasteiger partial charge in [0, 0.05) is 31.9 Å². The Morgan fingerprint density at radius 3 is 2.65 bits per heavy atom. The quantitative estimate of drug-likeness (QED) is 0.864. The van der Waals surface area contributed by atoms with Gasteiger partial charge in [0.25, 0.3) is 5.91 Å². The lowest BCUT2D eigenvalue weighted by Gasteiger charge is -2.27. The SMILES string of the molecule is CN(C)c1cccc(C(=O)NCC2(CN)CCCC2)c1. The van der Waals surface area contributed by atoms with Gasteiger partial charge in [0.15, 0.2) is 0 Å². The molecule has 1 aliphatic carbocycles. The minimum absolute atomic E-state index is 0.00609. The fourth-order valence-electron chi connectivity index (χ4n) is 2.87. The Morgan fingerprint density at radius 2 is 2.05 bits per heavy atom. The van der Waals surface area contributed by atoms with Gasteiger partial charge in [-0.05, 0) is 43.0 Å². The number of benzene rings is 1. The van der Waals surface area contributed by atoms with E-state index >= 15 is 0 Å². The van der Waals surface area contributed by atoms with Crippen LogP contribution in [0.25, 0.3) is 0 Å². The highest BCUT2D eigenvalue weighted by Gasteiger charge is 2.32. The molecule has 0 heterocycles. The molecule has 1 aliphatic rings. The molecule has 0 bridgehead atoms. The van der Waals surface area contributed by atoms with Gasteiger partial charge < -0.3 is 16.0 Å². The summed E-state index contributed by atoms with van der Waals surface area (Å²) in [6, 6.07) is 7.68. The summed E-state index contributed by atoms with van der Waals surface area (Å²) in [7, 11) is 3.94. The molecule has 0 atom stereocenters. The minimum Gasteiger partial charge on any atom is -0.378 e. The molecule has 2 rings (SSSR count). The fraction of sp³-hybridized carbons (Fsp3) is 0.562. The molecule has 4 heteroatoms. The Kier molecular flexibility index (Phi) is 4.65. The van der Waals surface area contributed by atoms with E-state index in [1.807, 2.05) is 43.3 Å². The van der Waals surface area contributed by atoms with Gasteiger partial charge in [-0.1, -0.05) is 18.9 Å². The molecular formula is C16H25N3O. The molecule has 4 nitrogen and oxygen atoms in total. The van der Waals surface area contributed by atoms with Crippen molar-refractivity contribution in [3.8, 4) is 0 Å². The van der Waals surface area contributed by atoms with Gasteiger partial charge in [-0.2, -0.15) is 0 Å². The molecule has 0 spiro atoms. The summed E-state index contributed by atoms with van der Waals surface area (Å²) in [5.41, 5.74) is 7.76. The Morgan fingerprint density at radius 1 is 1.35 bits per heavy atom. The smallest absolute Gasteiger partial charge is 0.251 e. The van der Waals surface area contributed by atoms with Crippen LogP contribution in [0, 0.1) is 5.41 Å². The molecule has 0 saturated heterocycles. The van der Waals surface area contributed by atoms with Crippen molar-refractivity contribution in [1.82, 2.24) is 5.32 Å². The number of anilines is 1. The number of hydrogen-bond donors (Lipinski definition) is 2. The standard InChI is InChI=1S/C16H25N3O/c1-19(2)14-7-5-6-13(10-14)15(20)18-12-16(11-17)8-3-4-9-16/h5-7,10H,3-4,8-9,11-12,17H2,1-2H3,(H,18,20). The number of nitrogens with zero attached hydrogens (tertiary/aromatic N) is 1. The first-order valence-electron chi connectivity index (χ1n) is 7.32. The van der Waals surface area contributed by atoms with E-state index in [0.29, 0.717) is 18.7 Å². The van der Waals surface area contributed by atoms with Crippen LogP contribution in [-0.2, 0) is 0 Å². The number of hydrogen-bond acceptors (Lipinski definition) is 3. The van der Waals surface area contributed by atoms with Gasteiger partial charge in [0.1, 0.15) is 0 Å². The van der Waals surface area contributed by atoms with Crippen molar-refractivity contribution in [2.24, 2.45) is 11.1 Å². The monoisotopic (exact) mass is 275 g/mol. The molecule has 1 aromatic rings. The van der Waals surface area contributed by atoms with E-state index in [4.69, 9.17) is 5.73 Å². The number of nitrogens with one attached hydrogen (secondary N) is 1. The molecule has 0 aliphatic heterocycles. The third kappa shape index (κ3) is 3.31. The second kappa shape index (κ2) is 6.27. The summed E-state index contributed by atoms with van der Waals surface area (Å²) < 4.78 is 0. The maximum Gasteiger partial charge on any atom is 0.251 e. The van der Waals surface area contributed by atoms with Crippen LogP contribution in [0.4, 0.5) is 5.69 Å². The molecule has 0 radical (unpaired) electrons. The summed E-state index contributed by atoms with van der Waals surface area (Å²) in [6.07, 6.45) is 4.70. The zero-order valence-electron chi connectivity index (χ0n) is 12.5. The van der Waals surface area contributed by atoms with Crippen molar-refractivity contribution in [2.75, 3.05) is 32.1 Å². The topological polar surface area (TPSA) is 58.4 Å². The van der Waals surface area contributed by atoms with E-state index in [2.05, 4.69) is 5.32 Å². The lowest BCUT2D eigenvalue weighted by molar-refractivity contribution is 0.0932. The van der Waals surface area contributed by atoms with Crippen LogP contribution in [0.2, 0.25) is 0 Å². The molecule has 20 heavy (non-hydrogen) atoms. The van der Waals surface area contributed by atoms with Crippen molar-refractivity contribution in [3.63, 3.8) is 0 Å². The Bertz CT molecular complexity index is 465. The molecule has 1 saturated carbocycles. The fourth-order valence-corrected chi connectivity index (χ4v) is 2.87. The van der Waals surface area contributed by atoms with Crippen molar-refractivity contribution in [2.45, 2.75) is 25.7 Å². The van der Waals surface area contributed by atoms with Gasteiger partial charge in [0.2, 0.25) is 0 Å². The number of amides is 1. The summed E-state index contributed by atoms with van der Waals surface area (Å²) >= 11 is 0. The summed E-state index contributed by atoms with van der Waals surface area (Å²) in [4.78, 5) is 14.3. The number of carbonyl (C=O) groups is 1. The zero-order chi connectivity index (χ0) is 14.6. The molecule has 1 amide bonds. The molecule has 3 N–H and O–H groups in total. The highest BCUT2D eigenvalue weighted by Crippen LogP contribution is 2.36. The van der Waals surface area contributed by atoms with E-state index in [-0.39, 0.29) is 11.3 Å². The van der Waals surface area contributed by atoms with E-state index in [1.54, 1.807) is 0 Å². The van der Waals surface area contributed by atoms with Gasteiger partial charge >= 0.3 is 0 Å². The van der Waals surface area contributed by atoms with Gasteiger partial charge in [-0.3, -0.25) is 4.79 Å². The first-order chi connectivity index (χ1) is 9.56. The minimum atomic E-state index is -0.00609. The highest BCUT2D eigenvalue weighted by atomic mass is 16.1. The maximum atomic E-state index is 12.3. The largest absolute Gasteiger partial charge is 0.378 e. The lowest BCUT2D eigenvalue weighted by Crippen LogP contribution is -2.40. The first-order valence-corrected chi connectivity index (χ1v) is 7.32. The van der Waals surface area contributed by atoms with E-state index < -0.39 is 0 Å². The number of carbonyl (C=O) groups excluding carboxylic acids is 1. The Labute approximate surface area is 121 Å². The number of nitrogens with two attached hydrogens (primary N) is 1. The van der Waals surface area contributed by atoms with Crippen molar-refractivity contribution in [1.29, 1.82) is 0 Å². The second-order valence-corrected chi connectivity index (χ2v) is 6.04. The average Bonchev–Trinajstić information content (AvgIpc) is 2.94. The highest BCUT2D eigenvalue weighted by molar-refractivity contribution is 5.95. The normalized spacial score (nSPS) is 16.9. The third-order valence-corrected chi connectivity index (χ3v) is 4.35. The zero-order valence-corrected chi connectivity index (χ0v) is 12.5. The molecule has 1 fully saturated rings. The summed E-state index contributed by atoms with van der Waals surface area (Å²) in [5, 5.41) is 3.06. The van der Waals surface area contributed by atoms with Gasteiger partial charge in [-0.15, -0.1) is 0 Å². The first kappa shape index (κ1) is 14.9. The third-order valence-electron chi connectivity index (χ3n) is 4.35. The van der Waals surface area contributed by atoms with E-state index in [1.165, 1.54) is 12.8 Å². The summed E-state index contributed by atoms with van der Waals surface area (Å²) in [5.74, 6) is -0.00609. The molecule has 0 aromatic heterocycles. The van der Waals surface area contributed by atoms with Crippen molar-refractivity contribution in [3.05, 3.63) is 29.8 Å². The molecule has 1 aromatic carbocycles. The summed E-state index contributed by atoms with van der Waals surface area (Å²) in [6.45, 7) is 1.35. The van der Waals surface area contributed by atoms with Crippen LogP contribution >= 0.6 is 0 Å². The maximum absolute atomic E-state index is 12.3. The van der Waals surface area contributed by atoms with Crippen LogP contribution in [-0.4, -0.2) is 33.1 Å². The number of rotatable bonds is 5. The van der Waals surface area contributed by atoms with E-state index in [0.717, 1.165) is 18.5 Å². The molecular weight excluding hydrogens is 250 g/mol. The van der Waals surface area contributed by atoms with Crippen LogP contribution in [0.1, 0.15) is 36.0 Å². The predicted molar refractivity (Wildman–Crippen MR) is 83.1 cm³/mol. The van der Waals surface area contributed by atoms with Gasteiger partial charge in [-0.25, -0.2) is 0 Å². The van der Waals surface area contributed by atoms with Crippen molar-refractivity contribution >= 4 is 11.6 Å². The lowest BCUT2D eigenvalue weighted by atomic mass is 9.86. The van der Waals surface area contributed by atoms with Crippen LogP contribution < -0.4 is 16.0 Å².